The number of hydrogen-bond donors (Lipinski definition) is 2. The predicted octanol–water partition coefficient (Wildman–Crippen LogP) is -0.143. The molecule has 6 heteroatoms. The van der Waals surface area contributed by atoms with Gasteiger partial charge >= 0.3 is 0 Å². The molecule has 2 heterocycles. The van der Waals surface area contributed by atoms with E-state index in [0.717, 1.165) is 13.0 Å². The van der Waals surface area contributed by atoms with Crippen molar-refractivity contribution < 1.29 is 9.53 Å². The van der Waals surface area contributed by atoms with E-state index in [4.69, 9.17) is 4.74 Å². The molecule has 18 heavy (non-hydrogen) atoms. The van der Waals surface area contributed by atoms with Crippen LogP contribution in [0.15, 0.2) is 12.4 Å². The van der Waals surface area contributed by atoms with Crippen LogP contribution in [0.2, 0.25) is 0 Å². The van der Waals surface area contributed by atoms with Crippen molar-refractivity contribution in [2.75, 3.05) is 20.7 Å². The van der Waals surface area contributed by atoms with Crippen LogP contribution in [-0.2, 0) is 4.74 Å². The van der Waals surface area contributed by atoms with Crippen LogP contribution < -0.4 is 5.32 Å². The van der Waals surface area contributed by atoms with Crippen molar-refractivity contribution in [3.8, 4) is 0 Å². The predicted molar refractivity (Wildman–Crippen MR) is 65.2 cm³/mol. The summed E-state index contributed by atoms with van der Waals surface area (Å²) >= 11 is 0. The summed E-state index contributed by atoms with van der Waals surface area (Å²) in [6.07, 6.45) is 4.46. The van der Waals surface area contributed by atoms with Crippen molar-refractivity contribution in [3.63, 3.8) is 0 Å². The number of likely N-dealkylation sites (N-methyl/N-ethyl adjacent to an activating group) is 1. The summed E-state index contributed by atoms with van der Waals surface area (Å²) in [4.78, 5) is 14.2. The molecular formula is C12H18N4O2. The van der Waals surface area contributed by atoms with E-state index in [2.05, 4.69) is 20.4 Å². The van der Waals surface area contributed by atoms with Crippen LogP contribution in [0.25, 0.3) is 0 Å². The van der Waals surface area contributed by atoms with Gasteiger partial charge in [0.25, 0.3) is 5.91 Å². The third kappa shape index (κ3) is 1.72. The molecule has 98 valence electrons. The molecule has 3 rings (SSSR count). The summed E-state index contributed by atoms with van der Waals surface area (Å²) in [7, 11) is 4.05. The monoisotopic (exact) mass is 250 g/mol. The lowest BCUT2D eigenvalue weighted by Gasteiger charge is -2.50. The number of ether oxygens (including phenoxy) is 1. The maximum Gasteiger partial charge on any atom is 0.254 e. The number of aromatic amines is 1. The number of rotatable bonds is 3. The van der Waals surface area contributed by atoms with Crippen LogP contribution >= 0.6 is 0 Å². The van der Waals surface area contributed by atoms with Crippen molar-refractivity contribution in [2.45, 2.75) is 24.6 Å². The Hall–Kier alpha value is -1.40. The highest BCUT2D eigenvalue weighted by molar-refractivity contribution is 5.94. The van der Waals surface area contributed by atoms with Gasteiger partial charge in [-0.3, -0.25) is 9.89 Å². The number of nitrogens with zero attached hydrogens (tertiary/aromatic N) is 2. The highest BCUT2D eigenvalue weighted by atomic mass is 16.5. The minimum Gasteiger partial charge on any atom is -0.376 e. The van der Waals surface area contributed by atoms with Gasteiger partial charge in [-0.05, 0) is 20.5 Å². The van der Waals surface area contributed by atoms with E-state index >= 15 is 0 Å². The minimum absolute atomic E-state index is 0.0639. The van der Waals surface area contributed by atoms with Crippen molar-refractivity contribution in [1.29, 1.82) is 0 Å². The van der Waals surface area contributed by atoms with Crippen LogP contribution in [0.3, 0.4) is 0 Å². The topological polar surface area (TPSA) is 70.2 Å². The van der Waals surface area contributed by atoms with Crippen LogP contribution in [0.1, 0.15) is 16.8 Å². The number of carbonyl (C=O) groups excluding carboxylic acids is 1. The molecule has 1 aromatic rings. The fourth-order valence-electron chi connectivity index (χ4n) is 3.09. The molecule has 6 nitrogen and oxygen atoms in total. The van der Waals surface area contributed by atoms with Crippen molar-refractivity contribution >= 4 is 5.91 Å². The Morgan fingerprint density at radius 3 is 3.11 bits per heavy atom. The standard InChI is InChI=1S/C12H18N4O2/c1-16(2)10-9(8-3-4-18-11(8)10)15-12(17)7-5-13-14-6-7/h5-6,8-11H,3-4H2,1-2H3,(H,13,14)(H,15,17)/t8-,9+,10-,11-/m1/s1. The Morgan fingerprint density at radius 2 is 2.44 bits per heavy atom. The van der Waals surface area contributed by atoms with Gasteiger partial charge < -0.3 is 15.0 Å². The Kier molecular flexibility index (Phi) is 2.83. The maximum absolute atomic E-state index is 12.0. The first-order valence-electron chi connectivity index (χ1n) is 6.26. The number of H-pyrrole nitrogens is 1. The Morgan fingerprint density at radius 1 is 1.61 bits per heavy atom. The first-order valence-corrected chi connectivity index (χ1v) is 6.26. The number of fused-ring (bicyclic) bond motifs is 1. The van der Waals surface area contributed by atoms with E-state index in [-0.39, 0.29) is 24.1 Å². The largest absolute Gasteiger partial charge is 0.376 e. The smallest absolute Gasteiger partial charge is 0.254 e. The normalized spacial score (nSPS) is 34.2. The van der Waals surface area contributed by atoms with Gasteiger partial charge in [0.2, 0.25) is 0 Å². The average Bonchev–Trinajstić information content (AvgIpc) is 2.93. The average molecular weight is 250 g/mol. The molecule has 0 radical (unpaired) electrons. The van der Waals surface area contributed by atoms with Gasteiger partial charge in [0.1, 0.15) is 0 Å². The number of aromatic nitrogens is 2. The van der Waals surface area contributed by atoms with Crippen LogP contribution in [0.5, 0.6) is 0 Å². The minimum atomic E-state index is -0.0639. The number of carbonyl (C=O) groups is 1. The molecule has 0 unspecified atom stereocenters. The van der Waals surface area contributed by atoms with Crippen LogP contribution in [-0.4, -0.2) is 59.9 Å². The number of hydrogen-bond acceptors (Lipinski definition) is 4. The molecule has 1 aliphatic carbocycles. The zero-order chi connectivity index (χ0) is 12.7. The second kappa shape index (κ2) is 4.37. The molecule has 4 atom stereocenters. The van der Waals surface area contributed by atoms with Crippen molar-refractivity contribution in [3.05, 3.63) is 18.0 Å². The summed E-state index contributed by atoms with van der Waals surface area (Å²) in [6, 6.07) is 0.447. The highest BCUT2D eigenvalue weighted by Crippen LogP contribution is 2.41. The molecule has 1 saturated heterocycles. The third-order valence-corrected chi connectivity index (χ3v) is 4.00. The fraction of sp³-hybridized carbons (Fsp3) is 0.667. The van der Waals surface area contributed by atoms with E-state index < -0.39 is 0 Å². The van der Waals surface area contributed by atoms with E-state index in [1.807, 2.05) is 14.1 Å². The fourth-order valence-corrected chi connectivity index (χ4v) is 3.09. The van der Waals surface area contributed by atoms with E-state index in [0.29, 0.717) is 11.5 Å². The second-order valence-corrected chi connectivity index (χ2v) is 5.23. The van der Waals surface area contributed by atoms with E-state index in [9.17, 15) is 4.79 Å². The molecule has 0 aromatic carbocycles. The summed E-state index contributed by atoms with van der Waals surface area (Å²) in [5.41, 5.74) is 0.579. The van der Waals surface area contributed by atoms with Gasteiger partial charge in [-0.1, -0.05) is 0 Å². The molecule has 1 aliphatic heterocycles. The lowest BCUT2D eigenvalue weighted by atomic mass is 9.71. The summed E-state index contributed by atoms with van der Waals surface area (Å²) < 4.78 is 5.72. The van der Waals surface area contributed by atoms with Gasteiger partial charge in [-0.15, -0.1) is 0 Å². The molecule has 0 spiro atoms. The highest BCUT2D eigenvalue weighted by Gasteiger charge is 2.55. The lowest BCUT2D eigenvalue weighted by Crippen LogP contribution is -2.69. The third-order valence-electron chi connectivity index (χ3n) is 4.00. The Bertz CT molecular complexity index is 431. The van der Waals surface area contributed by atoms with Crippen LogP contribution in [0.4, 0.5) is 0 Å². The van der Waals surface area contributed by atoms with Gasteiger partial charge in [0.15, 0.2) is 0 Å². The van der Waals surface area contributed by atoms with Crippen molar-refractivity contribution in [1.82, 2.24) is 20.4 Å². The molecule has 2 aliphatic rings. The first kappa shape index (κ1) is 11.7. The first-order chi connectivity index (χ1) is 8.68. The quantitative estimate of drug-likeness (QED) is 0.783. The molecule has 2 N–H and O–H groups in total. The van der Waals surface area contributed by atoms with Gasteiger partial charge in [-0.25, -0.2) is 0 Å². The van der Waals surface area contributed by atoms with E-state index in [1.54, 1.807) is 12.4 Å². The molecule has 2 fully saturated rings. The maximum atomic E-state index is 12.0. The zero-order valence-electron chi connectivity index (χ0n) is 10.6. The molecule has 0 bridgehead atoms. The van der Waals surface area contributed by atoms with Crippen LogP contribution in [0, 0.1) is 5.92 Å². The zero-order valence-corrected chi connectivity index (χ0v) is 10.6. The summed E-state index contributed by atoms with van der Waals surface area (Å²) in [5.74, 6) is 0.388. The Balaban J connectivity index is 1.70. The van der Waals surface area contributed by atoms with E-state index in [1.165, 1.54) is 0 Å². The lowest BCUT2D eigenvalue weighted by molar-refractivity contribution is -0.0664. The second-order valence-electron chi connectivity index (χ2n) is 5.23. The summed E-state index contributed by atoms with van der Waals surface area (Å²) in [6.45, 7) is 0.803. The summed E-state index contributed by atoms with van der Waals surface area (Å²) in [5, 5.41) is 9.55. The molecular weight excluding hydrogens is 232 g/mol. The van der Waals surface area contributed by atoms with Gasteiger partial charge in [-0.2, -0.15) is 5.10 Å². The number of nitrogens with one attached hydrogen (secondary N) is 2. The Labute approximate surface area is 106 Å². The molecule has 1 amide bonds. The van der Waals surface area contributed by atoms with Gasteiger partial charge in [0, 0.05) is 18.7 Å². The molecule has 1 aromatic heterocycles. The van der Waals surface area contributed by atoms with Crippen molar-refractivity contribution in [2.24, 2.45) is 5.92 Å². The van der Waals surface area contributed by atoms with Gasteiger partial charge in [0.05, 0.1) is 29.9 Å². The SMILES string of the molecule is CN(C)[C@@H]1[C@@H](NC(=O)c2cn[nH]c2)[C@H]2CCO[C@H]21. The molecule has 1 saturated carbocycles. The number of amides is 1.